The van der Waals surface area contributed by atoms with E-state index in [1.165, 1.54) is 0 Å². The average Bonchev–Trinajstić information content (AvgIpc) is 2.47. The zero-order chi connectivity index (χ0) is 15.5. The van der Waals surface area contributed by atoms with Crippen molar-refractivity contribution in [3.05, 3.63) is 58.6 Å². The van der Waals surface area contributed by atoms with E-state index in [9.17, 15) is 8.42 Å². The second-order valence-corrected chi connectivity index (χ2v) is 7.08. The predicted molar refractivity (Wildman–Crippen MR) is 85.9 cm³/mol. The van der Waals surface area contributed by atoms with Crippen LogP contribution in [0.1, 0.15) is 18.5 Å². The molecule has 1 N–H and O–H groups in total. The first kappa shape index (κ1) is 16.0. The number of ether oxygens (including phenoxy) is 1. The largest absolute Gasteiger partial charge is 0.497 e. The summed E-state index contributed by atoms with van der Waals surface area (Å²) in [4.78, 5) is 0.227. The molecule has 112 valence electrons. The fourth-order valence-electron chi connectivity index (χ4n) is 1.92. The SMILES string of the molecule is COc1ccc(C(C)NS(=O)(=O)c2ccccc2Br)cc1. The van der Waals surface area contributed by atoms with E-state index in [0.29, 0.717) is 4.47 Å². The third-order valence-electron chi connectivity index (χ3n) is 3.07. The summed E-state index contributed by atoms with van der Waals surface area (Å²) >= 11 is 3.26. The molecule has 1 atom stereocenters. The van der Waals surface area contributed by atoms with Gasteiger partial charge in [0.15, 0.2) is 0 Å². The molecule has 0 aliphatic rings. The average molecular weight is 370 g/mol. The lowest BCUT2D eigenvalue weighted by Crippen LogP contribution is -2.27. The zero-order valence-electron chi connectivity index (χ0n) is 11.7. The Balaban J connectivity index is 2.21. The van der Waals surface area contributed by atoms with Crippen molar-refractivity contribution in [3.8, 4) is 5.75 Å². The second kappa shape index (κ2) is 6.60. The van der Waals surface area contributed by atoms with Gasteiger partial charge in [-0.15, -0.1) is 0 Å². The van der Waals surface area contributed by atoms with Gasteiger partial charge in [-0.1, -0.05) is 24.3 Å². The summed E-state index contributed by atoms with van der Waals surface area (Å²) in [6.45, 7) is 1.80. The molecule has 1 unspecified atom stereocenters. The number of benzene rings is 2. The van der Waals surface area contributed by atoms with Crippen molar-refractivity contribution in [1.82, 2.24) is 4.72 Å². The highest BCUT2D eigenvalue weighted by Gasteiger charge is 2.20. The van der Waals surface area contributed by atoms with E-state index in [4.69, 9.17) is 4.74 Å². The quantitative estimate of drug-likeness (QED) is 0.877. The summed E-state index contributed by atoms with van der Waals surface area (Å²) in [6, 6.07) is 13.7. The zero-order valence-corrected chi connectivity index (χ0v) is 14.1. The highest BCUT2D eigenvalue weighted by atomic mass is 79.9. The second-order valence-electron chi connectivity index (χ2n) is 4.55. The van der Waals surface area contributed by atoms with Crippen LogP contribution in [0.4, 0.5) is 0 Å². The number of rotatable bonds is 5. The monoisotopic (exact) mass is 369 g/mol. The Morgan fingerprint density at radius 1 is 1.10 bits per heavy atom. The fraction of sp³-hybridized carbons (Fsp3) is 0.200. The first-order chi connectivity index (χ1) is 9.94. The summed E-state index contributed by atoms with van der Waals surface area (Å²) in [7, 11) is -1.99. The van der Waals surface area contributed by atoms with Crippen molar-refractivity contribution in [2.45, 2.75) is 17.9 Å². The van der Waals surface area contributed by atoms with E-state index in [1.807, 2.05) is 12.1 Å². The van der Waals surface area contributed by atoms with E-state index >= 15 is 0 Å². The van der Waals surface area contributed by atoms with Gasteiger partial charge >= 0.3 is 0 Å². The number of methoxy groups -OCH3 is 1. The molecule has 2 rings (SSSR count). The van der Waals surface area contributed by atoms with E-state index in [2.05, 4.69) is 20.7 Å². The Morgan fingerprint density at radius 2 is 1.71 bits per heavy atom. The molecule has 0 heterocycles. The third-order valence-corrected chi connectivity index (χ3v) is 5.63. The standard InChI is InChI=1S/C15H16BrNO3S/c1-11(12-7-9-13(20-2)10-8-12)17-21(18,19)15-6-4-3-5-14(15)16/h3-11,17H,1-2H3. The van der Waals surface area contributed by atoms with Crippen LogP contribution >= 0.6 is 15.9 Å². The molecule has 0 spiro atoms. The number of hydrogen-bond acceptors (Lipinski definition) is 3. The molecular weight excluding hydrogens is 354 g/mol. The predicted octanol–water partition coefficient (Wildman–Crippen LogP) is 3.50. The van der Waals surface area contributed by atoms with Gasteiger partial charge in [-0.2, -0.15) is 0 Å². The molecule has 0 aromatic heterocycles. The maximum atomic E-state index is 12.4. The molecule has 0 amide bonds. The van der Waals surface area contributed by atoms with Crippen LogP contribution in [0.5, 0.6) is 5.75 Å². The summed E-state index contributed by atoms with van der Waals surface area (Å²) in [6.07, 6.45) is 0. The fourth-order valence-corrected chi connectivity index (χ4v) is 4.15. The third kappa shape index (κ3) is 3.84. The van der Waals surface area contributed by atoms with Gasteiger partial charge in [-0.3, -0.25) is 0 Å². The highest BCUT2D eigenvalue weighted by Crippen LogP contribution is 2.24. The Labute approximate surface area is 133 Å². The summed E-state index contributed by atoms with van der Waals surface area (Å²) < 4.78 is 33.1. The lowest BCUT2D eigenvalue weighted by atomic mass is 10.1. The van der Waals surface area contributed by atoms with Crippen LogP contribution in [0.2, 0.25) is 0 Å². The van der Waals surface area contributed by atoms with Crippen molar-refractivity contribution in [1.29, 1.82) is 0 Å². The molecule has 0 aliphatic carbocycles. The number of nitrogens with one attached hydrogen (secondary N) is 1. The van der Waals surface area contributed by atoms with Gasteiger partial charge in [-0.05, 0) is 52.7 Å². The van der Waals surface area contributed by atoms with E-state index in [1.54, 1.807) is 50.4 Å². The molecular formula is C15H16BrNO3S. The topological polar surface area (TPSA) is 55.4 Å². The normalized spacial score (nSPS) is 12.9. The lowest BCUT2D eigenvalue weighted by molar-refractivity contribution is 0.414. The van der Waals surface area contributed by atoms with Crippen LogP contribution in [-0.4, -0.2) is 15.5 Å². The van der Waals surface area contributed by atoms with Gasteiger partial charge < -0.3 is 4.74 Å². The van der Waals surface area contributed by atoms with E-state index in [-0.39, 0.29) is 10.9 Å². The summed E-state index contributed by atoms with van der Waals surface area (Å²) in [5, 5.41) is 0. The van der Waals surface area contributed by atoms with Gasteiger partial charge in [0.05, 0.1) is 12.0 Å². The first-order valence-electron chi connectivity index (χ1n) is 6.35. The van der Waals surface area contributed by atoms with Crippen LogP contribution in [0.3, 0.4) is 0 Å². The minimum Gasteiger partial charge on any atom is -0.497 e. The number of sulfonamides is 1. The van der Waals surface area contributed by atoms with Gasteiger partial charge in [-0.25, -0.2) is 13.1 Å². The minimum absolute atomic E-state index is 0.227. The maximum Gasteiger partial charge on any atom is 0.242 e. The molecule has 0 fully saturated rings. The molecule has 0 saturated carbocycles. The van der Waals surface area contributed by atoms with E-state index in [0.717, 1.165) is 11.3 Å². The molecule has 2 aromatic carbocycles. The Hall–Kier alpha value is -1.37. The van der Waals surface area contributed by atoms with Crippen molar-refractivity contribution in [2.75, 3.05) is 7.11 Å². The number of hydrogen-bond donors (Lipinski definition) is 1. The van der Waals surface area contributed by atoms with Gasteiger partial charge in [0, 0.05) is 10.5 Å². The molecule has 0 radical (unpaired) electrons. The van der Waals surface area contributed by atoms with Gasteiger partial charge in [0.1, 0.15) is 5.75 Å². The van der Waals surface area contributed by atoms with Crippen molar-refractivity contribution >= 4 is 26.0 Å². The molecule has 2 aromatic rings. The van der Waals surface area contributed by atoms with Crippen LogP contribution in [0.25, 0.3) is 0 Å². The maximum absolute atomic E-state index is 12.4. The Kier molecular flexibility index (Phi) is 5.03. The minimum atomic E-state index is -3.58. The van der Waals surface area contributed by atoms with Crippen molar-refractivity contribution in [2.24, 2.45) is 0 Å². The molecule has 4 nitrogen and oxygen atoms in total. The van der Waals surface area contributed by atoms with Crippen LogP contribution in [0.15, 0.2) is 57.9 Å². The van der Waals surface area contributed by atoms with E-state index < -0.39 is 10.0 Å². The van der Waals surface area contributed by atoms with Crippen LogP contribution < -0.4 is 9.46 Å². The molecule has 0 bridgehead atoms. The van der Waals surface area contributed by atoms with Gasteiger partial charge in [0.25, 0.3) is 0 Å². The van der Waals surface area contributed by atoms with Crippen molar-refractivity contribution in [3.63, 3.8) is 0 Å². The highest BCUT2D eigenvalue weighted by molar-refractivity contribution is 9.10. The first-order valence-corrected chi connectivity index (χ1v) is 8.62. The molecule has 0 aliphatic heterocycles. The summed E-state index contributed by atoms with van der Waals surface area (Å²) in [5.41, 5.74) is 0.867. The van der Waals surface area contributed by atoms with Crippen LogP contribution in [0, 0.1) is 0 Å². The summed E-state index contributed by atoms with van der Waals surface area (Å²) in [5.74, 6) is 0.736. The van der Waals surface area contributed by atoms with Crippen LogP contribution in [-0.2, 0) is 10.0 Å². The molecule has 21 heavy (non-hydrogen) atoms. The smallest absolute Gasteiger partial charge is 0.242 e. The Morgan fingerprint density at radius 3 is 2.29 bits per heavy atom. The number of halogens is 1. The molecule has 6 heteroatoms. The Bertz CT molecular complexity index is 714. The van der Waals surface area contributed by atoms with Gasteiger partial charge in [0.2, 0.25) is 10.0 Å². The van der Waals surface area contributed by atoms with Crippen molar-refractivity contribution < 1.29 is 13.2 Å². The lowest BCUT2D eigenvalue weighted by Gasteiger charge is -2.15. The molecule has 0 saturated heterocycles.